The summed E-state index contributed by atoms with van der Waals surface area (Å²) in [5, 5.41) is 0.567. The summed E-state index contributed by atoms with van der Waals surface area (Å²) < 4.78 is 13.2. The summed E-state index contributed by atoms with van der Waals surface area (Å²) >= 11 is 11.9. The van der Waals surface area contributed by atoms with Crippen molar-refractivity contribution < 1.29 is 4.39 Å². The largest absolute Gasteiger partial charge is 0.205 e. The smallest absolute Gasteiger partial charge is 0.142 e. The molecule has 0 saturated heterocycles. The van der Waals surface area contributed by atoms with Crippen molar-refractivity contribution in [2.24, 2.45) is 5.92 Å². The molecule has 1 aliphatic rings. The topological polar surface area (TPSA) is 0 Å². The molecule has 1 aromatic rings. The molecule has 1 fully saturated rings. The summed E-state index contributed by atoms with van der Waals surface area (Å²) in [6, 6.07) is 5.00. The molecule has 15 heavy (non-hydrogen) atoms. The van der Waals surface area contributed by atoms with Gasteiger partial charge in [0.25, 0.3) is 0 Å². The van der Waals surface area contributed by atoms with E-state index in [0.29, 0.717) is 11.3 Å². The van der Waals surface area contributed by atoms with Gasteiger partial charge < -0.3 is 0 Å². The molecule has 0 nitrogen and oxygen atoms in total. The number of hydrogen-bond acceptors (Lipinski definition) is 0. The second-order valence-electron chi connectivity index (χ2n) is 4.19. The zero-order valence-corrected chi connectivity index (χ0v) is 9.86. The molecule has 0 heterocycles. The van der Waals surface area contributed by atoms with Gasteiger partial charge >= 0.3 is 0 Å². The summed E-state index contributed by atoms with van der Waals surface area (Å²) in [4.78, 5) is 0. The maximum absolute atomic E-state index is 13.2. The highest BCUT2D eigenvalue weighted by Crippen LogP contribution is 2.33. The summed E-state index contributed by atoms with van der Waals surface area (Å²) in [7, 11) is 0. The third-order valence-electron chi connectivity index (χ3n) is 3.02. The van der Waals surface area contributed by atoms with Gasteiger partial charge in [0.15, 0.2) is 0 Å². The minimum atomic E-state index is -0.324. The second-order valence-corrected chi connectivity index (χ2v) is 5.19. The van der Waals surface area contributed by atoms with Crippen LogP contribution < -0.4 is 0 Å². The molecule has 2 unspecified atom stereocenters. The van der Waals surface area contributed by atoms with Gasteiger partial charge in [0.2, 0.25) is 0 Å². The van der Waals surface area contributed by atoms with Gasteiger partial charge in [0, 0.05) is 5.38 Å². The molecule has 1 saturated carbocycles. The van der Waals surface area contributed by atoms with Crippen LogP contribution in [0.4, 0.5) is 4.39 Å². The molecule has 3 heteroatoms. The fraction of sp³-hybridized carbons (Fsp3) is 0.500. The zero-order chi connectivity index (χ0) is 10.8. The molecule has 0 aliphatic heterocycles. The second kappa shape index (κ2) is 4.71. The van der Waals surface area contributed by atoms with Gasteiger partial charge in [0.1, 0.15) is 5.82 Å². The van der Waals surface area contributed by atoms with E-state index >= 15 is 0 Å². The number of rotatable bonds is 2. The van der Waals surface area contributed by atoms with Gasteiger partial charge in [0.05, 0.1) is 5.02 Å². The first-order valence-electron chi connectivity index (χ1n) is 5.23. The van der Waals surface area contributed by atoms with Crippen molar-refractivity contribution in [2.45, 2.75) is 31.1 Å². The Bertz CT molecular complexity index is 351. The minimum Gasteiger partial charge on any atom is -0.205 e. The van der Waals surface area contributed by atoms with Crippen molar-refractivity contribution in [3.05, 3.63) is 34.6 Å². The molecule has 2 rings (SSSR count). The van der Waals surface area contributed by atoms with Crippen LogP contribution in [-0.2, 0) is 6.42 Å². The lowest BCUT2D eigenvalue weighted by atomic mass is 9.98. The molecule has 82 valence electrons. The lowest BCUT2D eigenvalue weighted by molar-refractivity contribution is 0.543. The first-order valence-corrected chi connectivity index (χ1v) is 6.05. The first kappa shape index (κ1) is 11.2. The lowest BCUT2D eigenvalue weighted by Crippen LogP contribution is -2.01. The van der Waals surface area contributed by atoms with Gasteiger partial charge in [-0.3, -0.25) is 0 Å². The van der Waals surface area contributed by atoms with Crippen LogP contribution in [0.2, 0.25) is 5.02 Å². The van der Waals surface area contributed by atoms with Gasteiger partial charge in [-0.25, -0.2) is 4.39 Å². The van der Waals surface area contributed by atoms with Crippen LogP contribution in [0, 0.1) is 11.7 Å². The molecule has 1 aliphatic carbocycles. The summed E-state index contributed by atoms with van der Waals surface area (Å²) in [5.41, 5.74) is 0.910. The third-order valence-corrected chi connectivity index (χ3v) is 3.84. The van der Waals surface area contributed by atoms with E-state index in [2.05, 4.69) is 0 Å². The van der Waals surface area contributed by atoms with E-state index in [1.807, 2.05) is 6.07 Å². The van der Waals surface area contributed by atoms with Crippen LogP contribution in [0.15, 0.2) is 18.2 Å². The summed E-state index contributed by atoms with van der Waals surface area (Å²) in [6.07, 6.45) is 4.06. The Labute approximate surface area is 99.4 Å². The van der Waals surface area contributed by atoms with E-state index in [-0.39, 0.29) is 10.8 Å². The third kappa shape index (κ3) is 2.64. The van der Waals surface area contributed by atoms with Crippen LogP contribution >= 0.6 is 23.2 Å². The van der Waals surface area contributed by atoms with Gasteiger partial charge in [-0.2, -0.15) is 0 Å². The average molecular weight is 247 g/mol. The Morgan fingerprint density at radius 1 is 1.33 bits per heavy atom. The monoisotopic (exact) mass is 246 g/mol. The normalized spacial score (nSPS) is 25.8. The van der Waals surface area contributed by atoms with Crippen molar-refractivity contribution >= 4 is 23.2 Å². The van der Waals surface area contributed by atoms with Crippen molar-refractivity contribution in [1.29, 1.82) is 0 Å². The molecule has 2 atom stereocenters. The maximum Gasteiger partial charge on any atom is 0.142 e. The summed E-state index contributed by atoms with van der Waals surface area (Å²) in [5.74, 6) is 0.237. The molecule has 0 N–H and O–H groups in total. The Hall–Kier alpha value is -0.270. The molecule has 0 aromatic heterocycles. The fourth-order valence-electron chi connectivity index (χ4n) is 2.22. The van der Waals surface area contributed by atoms with Crippen LogP contribution in [0.25, 0.3) is 0 Å². The van der Waals surface area contributed by atoms with Crippen LogP contribution in [0.5, 0.6) is 0 Å². The number of alkyl halides is 1. The zero-order valence-electron chi connectivity index (χ0n) is 8.35. The molecule has 0 bridgehead atoms. The molecule has 0 amide bonds. The molecular formula is C12H13Cl2F. The predicted octanol–water partition coefficient (Wildman–Crippen LogP) is 4.43. The van der Waals surface area contributed by atoms with E-state index in [0.717, 1.165) is 31.2 Å². The highest BCUT2D eigenvalue weighted by atomic mass is 35.5. The van der Waals surface area contributed by atoms with Crippen LogP contribution in [0.3, 0.4) is 0 Å². The van der Waals surface area contributed by atoms with Crippen molar-refractivity contribution in [3.8, 4) is 0 Å². The minimum absolute atomic E-state index is 0.274. The highest BCUT2D eigenvalue weighted by Gasteiger charge is 2.23. The van der Waals surface area contributed by atoms with Gasteiger partial charge in [-0.1, -0.05) is 23.7 Å². The molecule has 0 radical (unpaired) electrons. The quantitative estimate of drug-likeness (QED) is 0.678. The molecule has 1 aromatic carbocycles. The Morgan fingerprint density at radius 2 is 2.13 bits per heavy atom. The number of hydrogen-bond donors (Lipinski definition) is 0. The van der Waals surface area contributed by atoms with Crippen molar-refractivity contribution in [2.75, 3.05) is 0 Å². The van der Waals surface area contributed by atoms with Crippen molar-refractivity contribution in [3.63, 3.8) is 0 Å². The van der Waals surface area contributed by atoms with E-state index < -0.39 is 0 Å². The van der Waals surface area contributed by atoms with Crippen molar-refractivity contribution in [1.82, 2.24) is 0 Å². The maximum atomic E-state index is 13.2. The van der Waals surface area contributed by atoms with E-state index in [1.165, 1.54) is 6.07 Å². The lowest BCUT2D eigenvalue weighted by Gasteiger charge is -2.10. The van der Waals surface area contributed by atoms with Crippen LogP contribution in [-0.4, -0.2) is 5.38 Å². The Morgan fingerprint density at radius 3 is 2.80 bits per heavy atom. The fourth-order valence-corrected chi connectivity index (χ4v) is 2.80. The molecule has 0 spiro atoms. The summed E-state index contributed by atoms with van der Waals surface area (Å²) in [6.45, 7) is 0. The highest BCUT2D eigenvalue weighted by molar-refractivity contribution is 6.31. The average Bonchev–Trinajstić information content (AvgIpc) is 2.59. The Balaban J connectivity index is 2.07. The predicted molar refractivity (Wildman–Crippen MR) is 62.1 cm³/mol. The number of benzene rings is 1. The van der Waals surface area contributed by atoms with E-state index in [9.17, 15) is 4.39 Å². The van der Waals surface area contributed by atoms with Crippen LogP contribution in [0.1, 0.15) is 24.8 Å². The van der Waals surface area contributed by atoms with Gasteiger partial charge in [-0.15, -0.1) is 11.6 Å². The molecular weight excluding hydrogens is 234 g/mol. The first-order chi connectivity index (χ1) is 7.16. The SMILES string of the molecule is Fc1cccc(CC2CCC(Cl)C2)c1Cl. The standard InChI is InChI=1S/C12H13Cl2F/c13-10-5-4-8(7-10)6-9-2-1-3-11(15)12(9)14/h1-3,8,10H,4-7H2. The number of halogens is 3. The van der Waals surface area contributed by atoms with Gasteiger partial charge in [-0.05, 0) is 43.2 Å². The van der Waals surface area contributed by atoms with E-state index in [4.69, 9.17) is 23.2 Å². The Kier molecular flexibility index (Phi) is 3.53. The van der Waals surface area contributed by atoms with E-state index in [1.54, 1.807) is 6.07 Å².